The molecular formula is C18H29NO3. The van der Waals surface area contributed by atoms with Crippen molar-refractivity contribution in [3.8, 4) is 0 Å². The van der Waals surface area contributed by atoms with Crippen LogP contribution in [-0.2, 0) is 16.1 Å². The summed E-state index contributed by atoms with van der Waals surface area (Å²) in [6.07, 6.45) is 0.535. The minimum Gasteiger partial charge on any atom is -0.390 e. The van der Waals surface area contributed by atoms with Crippen LogP contribution in [0, 0.1) is 5.92 Å². The number of hydrogen-bond acceptors (Lipinski definition) is 3. The Morgan fingerprint density at radius 1 is 1.23 bits per heavy atom. The number of benzene rings is 1. The monoisotopic (exact) mass is 307 g/mol. The number of carbonyl (C=O) groups excluding carboxylic acids is 1. The predicted molar refractivity (Wildman–Crippen MR) is 88.4 cm³/mol. The number of carbonyl (C=O) groups is 1. The number of aliphatic hydroxyl groups is 1. The molecule has 0 bridgehead atoms. The van der Waals surface area contributed by atoms with E-state index in [1.165, 1.54) is 4.90 Å². The summed E-state index contributed by atoms with van der Waals surface area (Å²) in [6.45, 7) is 6.13. The van der Waals surface area contributed by atoms with E-state index in [0.29, 0.717) is 19.4 Å². The fourth-order valence-electron chi connectivity index (χ4n) is 2.62. The highest BCUT2D eigenvalue weighted by Crippen LogP contribution is 2.30. The van der Waals surface area contributed by atoms with Gasteiger partial charge in [-0.05, 0) is 18.4 Å². The third-order valence-electron chi connectivity index (χ3n) is 4.48. The van der Waals surface area contributed by atoms with Gasteiger partial charge in [-0.3, -0.25) is 4.79 Å². The zero-order chi connectivity index (χ0) is 16.8. The molecule has 4 heteroatoms. The van der Waals surface area contributed by atoms with Crippen LogP contribution in [0.5, 0.6) is 0 Å². The van der Waals surface area contributed by atoms with Crippen molar-refractivity contribution >= 4 is 5.91 Å². The van der Waals surface area contributed by atoms with Crippen LogP contribution in [-0.4, -0.2) is 41.7 Å². The van der Waals surface area contributed by atoms with Crippen LogP contribution in [0.25, 0.3) is 0 Å². The van der Waals surface area contributed by atoms with E-state index < -0.39 is 11.7 Å². The zero-order valence-corrected chi connectivity index (χ0v) is 14.4. The van der Waals surface area contributed by atoms with Crippen LogP contribution in [0.2, 0.25) is 0 Å². The van der Waals surface area contributed by atoms with Gasteiger partial charge in [-0.1, -0.05) is 51.1 Å². The van der Waals surface area contributed by atoms with Crippen molar-refractivity contribution in [3.05, 3.63) is 35.9 Å². The predicted octanol–water partition coefficient (Wildman–Crippen LogP) is 2.85. The second kappa shape index (κ2) is 8.30. The number of ether oxygens (including phenoxy) is 1. The highest BCUT2D eigenvalue weighted by Gasteiger charge is 2.40. The van der Waals surface area contributed by atoms with E-state index in [1.54, 1.807) is 14.1 Å². The minimum absolute atomic E-state index is 0.108. The Morgan fingerprint density at radius 3 is 2.23 bits per heavy atom. The number of rotatable bonds is 8. The normalized spacial score (nSPS) is 14.5. The first kappa shape index (κ1) is 18.7. The lowest BCUT2D eigenvalue weighted by Gasteiger charge is -2.37. The van der Waals surface area contributed by atoms with Gasteiger partial charge in [0.25, 0.3) is 5.91 Å². The fourth-order valence-corrected chi connectivity index (χ4v) is 2.62. The SMILES string of the molecule is CCC(O)(CC)[C@@H](C)C(OCc1ccccc1)C(=O)N(C)C. The molecule has 0 saturated heterocycles. The summed E-state index contributed by atoms with van der Waals surface area (Å²) in [5.74, 6) is -0.384. The standard InChI is InChI=1S/C18H29NO3/c1-6-18(21,7-2)14(3)16(17(20)19(4)5)22-13-15-11-9-8-10-12-15/h8-12,14,16,21H,6-7,13H2,1-5H3/t14-,16?/m0/s1. The summed E-state index contributed by atoms with van der Waals surface area (Å²) in [5.41, 5.74) is 0.121. The highest BCUT2D eigenvalue weighted by molar-refractivity contribution is 5.80. The topological polar surface area (TPSA) is 49.8 Å². The van der Waals surface area contributed by atoms with Gasteiger partial charge in [0, 0.05) is 20.0 Å². The Balaban J connectivity index is 2.91. The van der Waals surface area contributed by atoms with Gasteiger partial charge >= 0.3 is 0 Å². The molecule has 0 heterocycles. The summed E-state index contributed by atoms with van der Waals surface area (Å²) in [4.78, 5) is 14.0. The highest BCUT2D eigenvalue weighted by atomic mass is 16.5. The fraction of sp³-hybridized carbons (Fsp3) is 0.611. The van der Waals surface area contributed by atoms with Crippen molar-refractivity contribution in [2.45, 2.75) is 51.9 Å². The van der Waals surface area contributed by atoms with Gasteiger partial charge in [0.15, 0.2) is 0 Å². The van der Waals surface area contributed by atoms with E-state index in [4.69, 9.17) is 4.74 Å². The molecule has 0 aliphatic rings. The smallest absolute Gasteiger partial charge is 0.251 e. The molecule has 0 spiro atoms. The van der Waals surface area contributed by atoms with Crippen molar-refractivity contribution < 1.29 is 14.6 Å². The number of amides is 1. The van der Waals surface area contributed by atoms with Crippen LogP contribution in [0.1, 0.15) is 39.2 Å². The Hall–Kier alpha value is -1.39. The van der Waals surface area contributed by atoms with E-state index >= 15 is 0 Å². The van der Waals surface area contributed by atoms with Crippen molar-refractivity contribution in [3.63, 3.8) is 0 Å². The molecule has 1 aromatic rings. The van der Waals surface area contributed by atoms with Crippen molar-refractivity contribution in [2.24, 2.45) is 5.92 Å². The Morgan fingerprint density at radius 2 is 1.77 bits per heavy atom. The Kier molecular flexibility index (Phi) is 7.04. The summed E-state index contributed by atoms with van der Waals surface area (Å²) in [7, 11) is 3.43. The molecule has 0 saturated carbocycles. The Labute approximate surface area is 134 Å². The second-order valence-corrected chi connectivity index (χ2v) is 6.05. The molecule has 0 aliphatic carbocycles. The molecule has 22 heavy (non-hydrogen) atoms. The van der Waals surface area contributed by atoms with Gasteiger partial charge in [-0.15, -0.1) is 0 Å². The maximum Gasteiger partial charge on any atom is 0.251 e. The van der Waals surface area contributed by atoms with E-state index in [1.807, 2.05) is 51.1 Å². The molecule has 0 aliphatic heterocycles. The molecule has 0 aromatic heterocycles. The number of nitrogens with zero attached hydrogens (tertiary/aromatic N) is 1. The first-order valence-electron chi connectivity index (χ1n) is 7.94. The molecular weight excluding hydrogens is 278 g/mol. The molecule has 1 unspecified atom stereocenters. The molecule has 124 valence electrons. The van der Waals surface area contributed by atoms with Crippen LogP contribution < -0.4 is 0 Å². The molecule has 1 amide bonds. The van der Waals surface area contributed by atoms with Gasteiger partial charge < -0.3 is 14.7 Å². The van der Waals surface area contributed by atoms with E-state index in [2.05, 4.69) is 0 Å². The molecule has 2 atom stereocenters. The van der Waals surface area contributed by atoms with Crippen LogP contribution in [0.4, 0.5) is 0 Å². The van der Waals surface area contributed by atoms with Crippen LogP contribution in [0.3, 0.4) is 0 Å². The minimum atomic E-state index is -0.896. The Bertz CT molecular complexity index is 455. The average Bonchev–Trinajstić information content (AvgIpc) is 2.54. The molecule has 0 fully saturated rings. The van der Waals surface area contributed by atoms with E-state index in [-0.39, 0.29) is 11.8 Å². The number of hydrogen-bond donors (Lipinski definition) is 1. The van der Waals surface area contributed by atoms with Crippen LogP contribution >= 0.6 is 0 Å². The summed E-state index contributed by atoms with van der Waals surface area (Å²) >= 11 is 0. The van der Waals surface area contributed by atoms with Gasteiger partial charge in [0.1, 0.15) is 6.10 Å². The second-order valence-electron chi connectivity index (χ2n) is 6.05. The molecule has 4 nitrogen and oxygen atoms in total. The van der Waals surface area contributed by atoms with Gasteiger partial charge in [0.05, 0.1) is 12.2 Å². The maximum atomic E-state index is 12.5. The third-order valence-corrected chi connectivity index (χ3v) is 4.48. The van der Waals surface area contributed by atoms with Crippen LogP contribution in [0.15, 0.2) is 30.3 Å². The maximum absolute atomic E-state index is 12.5. The number of likely N-dealkylation sites (N-methyl/N-ethyl adjacent to an activating group) is 1. The van der Waals surface area contributed by atoms with Crippen molar-refractivity contribution in [2.75, 3.05) is 14.1 Å². The van der Waals surface area contributed by atoms with Crippen molar-refractivity contribution in [1.82, 2.24) is 4.90 Å². The summed E-state index contributed by atoms with van der Waals surface area (Å²) in [5, 5.41) is 10.7. The third kappa shape index (κ3) is 4.55. The zero-order valence-electron chi connectivity index (χ0n) is 14.4. The lowest BCUT2D eigenvalue weighted by molar-refractivity contribution is -0.156. The molecule has 1 aromatic carbocycles. The first-order valence-corrected chi connectivity index (χ1v) is 7.94. The van der Waals surface area contributed by atoms with Gasteiger partial charge in [0.2, 0.25) is 0 Å². The quantitative estimate of drug-likeness (QED) is 0.803. The lowest BCUT2D eigenvalue weighted by atomic mass is 9.80. The van der Waals surface area contributed by atoms with E-state index in [9.17, 15) is 9.90 Å². The molecule has 1 rings (SSSR count). The average molecular weight is 307 g/mol. The van der Waals surface area contributed by atoms with Crippen molar-refractivity contribution in [1.29, 1.82) is 0 Å². The summed E-state index contributed by atoms with van der Waals surface area (Å²) < 4.78 is 5.91. The molecule has 0 radical (unpaired) electrons. The van der Waals surface area contributed by atoms with E-state index in [0.717, 1.165) is 5.56 Å². The first-order chi connectivity index (χ1) is 10.4. The molecule has 1 N–H and O–H groups in total. The largest absolute Gasteiger partial charge is 0.390 e. The van der Waals surface area contributed by atoms with Gasteiger partial charge in [-0.25, -0.2) is 0 Å². The summed E-state index contributed by atoms with van der Waals surface area (Å²) in [6, 6.07) is 9.77. The van der Waals surface area contributed by atoms with Gasteiger partial charge in [-0.2, -0.15) is 0 Å². The lowest BCUT2D eigenvalue weighted by Crippen LogP contribution is -2.49.